The van der Waals surface area contributed by atoms with Crippen molar-refractivity contribution in [1.29, 1.82) is 0 Å². The average Bonchev–Trinajstić information content (AvgIpc) is 1.89. The maximum atomic E-state index is 3.96. The van der Waals surface area contributed by atoms with Crippen LogP contribution in [0.5, 0.6) is 0 Å². The van der Waals surface area contributed by atoms with Gasteiger partial charge in [-0.05, 0) is 25.2 Å². The number of hydrogen-bond acceptors (Lipinski definition) is 1. The summed E-state index contributed by atoms with van der Waals surface area (Å²) in [7, 11) is 0. The van der Waals surface area contributed by atoms with Crippen LogP contribution in [-0.2, 0) is 0 Å². The molecule has 0 amide bonds. The molecule has 0 aromatic carbocycles. The summed E-state index contributed by atoms with van der Waals surface area (Å²) in [5, 5.41) is 3.29. The smallest absolute Gasteiger partial charge is 0.0144 e. The van der Waals surface area contributed by atoms with E-state index in [1.54, 1.807) is 0 Å². The summed E-state index contributed by atoms with van der Waals surface area (Å²) in [5.74, 6) is 0.749. The third kappa shape index (κ3) is 1.47. The first kappa shape index (κ1) is 6.66. The molecule has 1 N–H and O–H groups in total. The molecule has 0 radical (unpaired) electrons. The van der Waals surface area contributed by atoms with E-state index in [0.717, 1.165) is 12.5 Å². The largest absolute Gasteiger partial charge is 0.389 e. The first-order valence-electron chi connectivity index (χ1n) is 3.77. The second kappa shape index (κ2) is 2.90. The van der Waals surface area contributed by atoms with Crippen LogP contribution in [0.1, 0.15) is 26.2 Å². The SMILES string of the molecule is C=C1NCCCC1CC. The van der Waals surface area contributed by atoms with Gasteiger partial charge in [0.15, 0.2) is 0 Å². The van der Waals surface area contributed by atoms with Crippen molar-refractivity contribution in [2.45, 2.75) is 26.2 Å². The summed E-state index contributed by atoms with van der Waals surface area (Å²) in [6, 6.07) is 0. The summed E-state index contributed by atoms with van der Waals surface area (Å²) in [6.07, 6.45) is 3.89. The van der Waals surface area contributed by atoms with Crippen molar-refractivity contribution in [3.05, 3.63) is 12.3 Å². The van der Waals surface area contributed by atoms with Crippen molar-refractivity contribution in [2.75, 3.05) is 6.54 Å². The van der Waals surface area contributed by atoms with E-state index < -0.39 is 0 Å². The predicted octanol–water partition coefficient (Wildman–Crippen LogP) is 1.91. The topological polar surface area (TPSA) is 12.0 Å². The van der Waals surface area contributed by atoms with E-state index in [4.69, 9.17) is 0 Å². The van der Waals surface area contributed by atoms with Crippen molar-refractivity contribution in [1.82, 2.24) is 5.32 Å². The van der Waals surface area contributed by atoms with E-state index in [1.165, 1.54) is 25.0 Å². The zero-order chi connectivity index (χ0) is 6.69. The highest BCUT2D eigenvalue weighted by Gasteiger charge is 2.13. The molecule has 9 heavy (non-hydrogen) atoms. The molecule has 1 unspecified atom stereocenters. The van der Waals surface area contributed by atoms with Crippen LogP contribution in [0.25, 0.3) is 0 Å². The lowest BCUT2D eigenvalue weighted by atomic mass is 9.94. The molecule has 0 saturated carbocycles. The van der Waals surface area contributed by atoms with E-state index in [-0.39, 0.29) is 0 Å². The van der Waals surface area contributed by atoms with Gasteiger partial charge in [-0.2, -0.15) is 0 Å². The Bertz CT molecular complexity index is 107. The van der Waals surface area contributed by atoms with Gasteiger partial charge in [-0.25, -0.2) is 0 Å². The fraction of sp³-hybridized carbons (Fsp3) is 0.750. The van der Waals surface area contributed by atoms with E-state index in [9.17, 15) is 0 Å². The van der Waals surface area contributed by atoms with Gasteiger partial charge in [0.1, 0.15) is 0 Å². The minimum atomic E-state index is 0.749. The molecule has 0 aromatic heterocycles. The molecule has 0 aliphatic carbocycles. The Kier molecular flexibility index (Phi) is 2.15. The quantitative estimate of drug-likeness (QED) is 0.564. The molecule has 1 fully saturated rings. The molecule has 1 saturated heterocycles. The molecule has 1 heterocycles. The second-order valence-electron chi connectivity index (χ2n) is 2.70. The lowest BCUT2D eigenvalue weighted by Gasteiger charge is -2.24. The zero-order valence-corrected chi connectivity index (χ0v) is 6.11. The fourth-order valence-electron chi connectivity index (χ4n) is 1.37. The number of hydrogen-bond donors (Lipinski definition) is 1. The molecule has 1 atom stereocenters. The third-order valence-electron chi connectivity index (χ3n) is 2.07. The number of piperidine rings is 1. The molecular formula is C8H15N. The van der Waals surface area contributed by atoms with Gasteiger partial charge in [-0.3, -0.25) is 0 Å². The van der Waals surface area contributed by atoms with Crippen LogP contribution in [0.15, 0.2) is 12.3 Å². The molecule has 1 aliphatic heterocycles. The van der Waals surface area contributed by atoms with E-state index in [0.29, 0.717) is 0 Å². The van der Waals surface area contributed by atoms with Crippen molar-refractivity contribution < 1.29 is 0 Å². The summed E-state index contributed by atoms with van der Waals surface area (Å²) in [4.78, 5) is 0. The average molecular weight is 125 g/mol. The van der Waals surface area contributed by atoms with Crippen LogP contribution in [0.3, 0.4) is 0 Å². The molecule has 1 nitrogen and oxygen atoms in total. The Morgan fingerprint density at radius 2 is 2.56 bits per heavy atom. The summed E-state index contributed by atoms with van der Waals surface area (Å²) < 4.78 is 0. The molecule has 0 spiro atoms. The van der Waals surface area contributed by atoms with Crippen LogP contribution in [0, 0.1) is 5.92 Å². The number of allylic oxidation sites excluding steroid dienone is 1. The Balaban J connectivity index is 2.39. The van der Waals surface area contributed by atoms with Crippen molar-refractivity contribution in [3.8, 4) is 0 Å². The predicted molar refractivity (Wildman–Crippen MR) is 40.2 cm³/mol. The number of rotatable bonds is 1. The minimum Gasteiger partial charge on any atom is -0.389 e. The van der Waals surface area contributed by atoms with Gasteiger partial charge in [0.2, 0.25) is 0 Å². The highest BCUT2D eigenvalue weighted by molar-refractivity contribution is 5.00. The van der Waals surface area contributed by atoms with Crippen LogP contribution in [0.2, 0.25) is 0 Å². The van der Waals surface area contributed by atoms with Gasteiger partial charge in [-0.1, -0.05) is 13.5 Å². The van der Waals surface area contributed by atoms with Gasteiger partial charge < -0.3 is 5.32 Å². The lowest BCUT2D eigenvalue weighted by molar-refractivity contribution is 0.435. The third-order valence-corrected chi connectivity index (χ3v) is 2.07. The molecule has 0 bridgehead atoms. The highest BCUT2D eigenvalue weighted by Crippen LogP contribution is 2.20. The Morgan fingerprint density at radius 1 is 1.78 bits per heavy atom. The Morgan fingerprint density at radius 3 is 3.00 bits per heavy atom. The molecule has 52 valence electrons. The fourth-order valence-corrected chi connectivity index (χ4v) is 1.37. The van der Waals surface area contributed by atoms with Crippen LogP contribution >= 0.6 is 0 Å². The van der Waals surface area contributed by atoms with Crippen molar-refractivity contribution >= 4 is 0 Å². The van der Waals surface area contributed by atoms with E-state index in [1.807, 2.05) is 0 Å². The van der Waals surface area contributed by atoms with E-state index >= 15 is 0 Å². The molecule has 1 aliphatic rings. The first-order chi connectivity index (χ1) is 4.34. The van der Waals surface area contributed by atoms with Crippen LogP contribution in [-0.4, -0.2) is 6.54 Å². The standard InChI is InChI=1S/C8H15N/c1-3-8-5-4-6-9-7(8)2/h8-9H,2-6H2,1H3. The van der Waals surface area contributed by atoms with Crippen molar-refractivity contribution in [2.24, 2.45) is 5.92 Å². The van der Waals surface area contributed by atoms with Crippen molar-refractivity contribution in [3.63, 3.8) is 0 Å². The maximum absolute atomic E-state index is 3.96. The van der Waals surface area contributed by atoms with E-state index in [2.05, 4.69) is 18.8 Å². The minimum absolute atomic E-state index is 0.749. The normalized spacial score (nSPS) is 27.7. The highest BCUT2D eigenvalue weighted by atomic mass is 14.9. The molecule has 0 aromatic rings. The van der Waals surface area contributed by atoms with Gasteiger partial charge in [-0.15, -0.1) is 0 Å². The molecule has 1 rings (SSSR count). The second-order valence-corrected chi connectivity index (χ2v) is 2.70. The van der Waals surface area contributed by atoms with Gasteiger partial charge in [0.25, 0.3) is 0 Å². The van der Waals surface area contributed by atoms with Gasteiger partial charge in [0.05, 0.1) is 0 Å². The van der Waals surface area contributed by atoms with Gasteiger partial charge >= 0.3 is 0 Å². The Hall–Kier alpha value is -0.460. The summed E-state index contributed by atoms with van der Waals surface area (Å²) in [6.45, 7) is 7.31. The van der Waals surface area contributed by atoms with Crippen LogP contribution in [0.4, 0.5) is 0 Å². The summed E-state index contributed by atoms with van der Waals surface area (Å²) >= 11 is 0. The lowest BCUT2D eigenvalue weighted by Crippen LogP contribution is -2.26. The van der Waals surface area contributed by atoms with Gasteiger partial charge in [0, 0.05) is 12.2 Å². The number of nitrogens with one attached hydrogen (secondary N) is 1. The maximum Gasteiger partial charge on any atom is 0.0144 e. The molecule has 1 heteroatoms. The summed E-state index contributed by atoms with van der Waals surface area (Å²) in [5.41, 5.74) is 1.25. The first-order valence-corrected chi connectivity index (χ1v) is 3.77. The molecular weight excluding hydrogens is 110 g/mol. The monoisotopic (exact) mass is 125 g/mol. The zero-order valence-electron chi connectivity index (χ0n) is 6.11. The van der Waals surface area contributed by atoms with Crippen LogP contribution < -0.4 is 5.32 Å². The Labute approximate surface area is 57.1 Å².